The molecule has 2 unspecified atom stereocenters. The standard InChI is InChI=1S/C10H21N/c1-4-10-7-5-6-8-11(3)9(10)2/h9-10H,4-8H2,1-3H3. The Kier molecular flexibility index (Phi) is 3.38. The topological polar surface area (TPSA) is 3.24 Å². The molecule has 0 aromatic heterocycles. The van der Waals surface area contributed by atoms with E-state index in [2.05, 4.69) is 25.8 Å². The van der Waals surface area contributed by atoms with Crippen molar-refractivity contribution in [3.8, 4) is 0 Å². The van der Waals surface area contributed by atoms with Crippen LogP contribution in [0.4, 0.5) is 0 Å². The van der Waals surface area contributed by atoms with Gasteiger partial charge in [0.25, 0.3) is 0 Å². The first kappa shape index (κ1) is 9.05. The third kappa shape index (κ3) is 2.19. The summed E-state index contributed by atoms with van der Waals surface area (Å²) in [6, 6.07) is 0.808. The number of hydrogen-bond donors (Lipinski definition) is 0. The third-order valence-corrected chi connectivity index (χ3v) is 3.24. The fourth-order valence-electron chi connectivity index (χ4n) is 2.12. The highest BCUT2D eigenvalue weighted by atomic mass is 15.1. The van der Waals surface area contributed by atoms with Gasteiger partial charge in [-0.2, -0.15) is 0 Å². The number of nitrogens with zero attached hydrogens (tertiary/aromatic N) is 1. The second kappa shape index (κ2) is 4.10. The molecule has 0 aromatic carbocycles. The molecule has 11 heavy (non-hydrogen) atoms. The van der Waals surface area contributed by atoms with E-state index >= 15 is 0 Å². The normalized spacial score (nSPS) is 35.2. The van der Waals surface area contributed by atoms with Gasteiger partial charge in [-0.05, 0) is 39.3 Å². The molecule has 0 aliphatic carbocycles. The maximum absolute atomic E-state index is 2.52. The van der Waals surface area contributed by atoms with Crippen LogP contribution in [0.25, 0.3) is 0 Å². The highest BCUT2D eigenvalue weighted by Crippen LogP contribution is 2.23. The van der Waals surface area contributed by atoms with Crippen LogP contribution in [0.2, 0.25) is 0 Å². The average Bonchev–Trinajstić information content (AvgIpc) is 2.16. The Morgan fingerprint density at radius 2 is 2.09 bits per heavy atom. The summed E-state index contributed by atoms with van der Waals surface area (Å²) in [5, 5.41) is 0. The molecule has 66 valence electrons. The number of likely N-dealkylation sites (tertiary alicyclic amines) is 1. The molecule has 0 N–H and O–H groups in total. The molecule has 1 saturated heterocycles. The van der Waals surface area contributed by atoms with Crippen LogP contribution in [-0.2, 0) is 0 Å². The molecular weight excluding hydrogens is 134 g/mol. The summed E-state index contributed by atoms with van der Waals surface area (Å²) in [5.74, 6) is 0.947. The van der Waals surface area contributed by atoms with Crippen LogP contribution in [0.5, 0.6) is 0 Å². The van der Waals surface area contributed by atoms with Crippen molar-refractivity contribution < 1.29 is 0 Å². The van der Waals surface area contributed by atoms with Crippen molar-refractivity contribution in [3.05, 3.63) is 0 Å². The molecule has 1 aliphatic heterocycles. The van der Waals surface area contributed by atoms with Gasteiger partial charge in [0.15, 0.2) is 0 Å². The quantitative estimate of drug-likeness (QED) is 0.562. The van der Waals surface area contributed by atoms with E-state index in [0.29, 0.717) is 0 Å². The summed E-state index contributed by atoms with van der Waals surface area (Å²) >= 11 is 0. The number of rotatable bonds is 1. The van der Waals surface area contributed by atoms with Crippen LogP contribution in [0, 0.1) is 5.92 Å². The Labute approximate surface area is 70.8 Å². The third-order valence-electron chi connectivity index (χ3n) is 3.24. The zero-order chi connectivity index (χ0) is 8.27. The molecule has 0 bridgehead atoms. The van der Waals surface area contributed by atoms with Crippen LogP contribution >= 0.6 is 0 Å². The highest BCUT2D eigenvalue weighted by molar-refractivity contribution is 4.75. The smallest absolute Gasteiger partial charge is 0.00920 e. The minimum Gasteiger partial charge on any atom is -0.303 e. The van der Waals surface area contributed by atoms with Crippen molar-refractivity contribution in [2.45, 2.75) is 45.6 Å². The molecule has 1 nitrogen and oxygen atoms in total. The molecule has 1 heterocycles. The largest absolute Gasteiger partial charge is 0.303 e. The second-order valence-electron chi connectivity index (χ2n) is 3.89. The van der Waals surface area contributed by atoms with Crippen LogP contribution in [-0.4, -0.2) is 24.5 Å². The van der Waals surface area contributed by atoms with Crippen molar-refractivity contribution >= 4 is 0 Å². The summed E-state index contributed by atoms with van der Waals surface area (Å²) in [7, 11) is 2.26. The SMILES string of the molecule is CCC1CCCCN(C)C1C. The van der Waals surface area contributed by atoms with Gasteiger partial charge < -0.3 is 4.90 Å². The first-order chi connectivity index (χ1) is 5.25. The summed E-state index contributed by atoms with van der Waals surface area (Å²) in [6.07, 6.45) is 5.64. The summed E-state index contributed by atoms with van der Waals surface area (Å²) < 4.78 is 0. The van der Waals surface area contributed by atoms with E-state index in [4.69, 9.17) is 0 Å². The molecule has 1 fully saturated rings. The Balaban J connectivity index is 2.49. The molecule has 0 spiro atoms. The second-order valence-corrected chi connectivity index (χ2v) is 3.89. The highest BCUT2D eigenvalue weighted by Gasteiger charge is 2.21. The van der Waals surface area contributed by atoms with Gasteiger partial charge in [-0.25, -0.2) is 0 Å². The Morgan fingerprint density at radius 1 is 1.36 bits per heavy atom. The van der Waals surface area contributed by atoms with E-state index < -0.39 is 0 Å². The van der Waals surface area contributed by atoms with E-state index in [-0.39, 0.29) is 0 Å². The molecule has 2 atom stereocenters. The van der Waals surface area contributed by atoms with Gasteiger partial charge in [-0.15, -0.1) is 0 Å². The van der Waals surface area contributed by atoms with Crippen molar-refractivity contribution in [1.82, 2.24) is 4.90 Å². The predicted octanol–water partition coefficient (Wildman–Crippen LogP) is 2.52. The van der Waals surface area contributed by atoms with E-state index in [0.717, 1.165) is 12.0 Å². The van der Waals surface area contributed by atoms with Crippen molar-refractivity contribution in [1.29, 1.82) is 0 Å². The van der Waals surface area contributed by atoms with E-state index in [1.807, 2.05) is 0 Å². The van der Waals surface area contributed by atoms with Crippen LogP contribution in [0.15, 0.2) is 0 Å². The van der Waals surface area contributed by atoms with Crippen LogP contribution in [0.1, 0.15) is 39.5 Å². The predicted molar refractivity (Wildman–Crippen MR) is 49.7 cm³/mol. The zero-order valence-electron chi connectivity index (χ0n) is 8.14. The molecule has 1 aliphatic rings. The maximum atomic E-state index is 2.52. The van der Waals surface area contributed by atoms with E-state index in [9.17, 15) is 0 Å². The molecule has 1 heteroatoms. The van der Waals surface area contributed by atoms with E-state index in [1.54, 1.807) is 0 Å². The van der Waals surface area contributed by atoms with Gasteiger partial charge in [0.2, 0.25) is 0 Å². The molecular formula is C10H21N. The maximum Gasteiger partial charge on any atom is 0.00920 e. The summed E-state index contributed by atoms with van der Waals surface area (Å²) in [6.45, 7) is 6.00. The van der Waals surface area contributed by atoms with E-state index in [1.165, 1.54) is 32.2 Å². The first-order valence-corrected chi connectivity index (χ1v) is 4.96. The molecule has 1 rings (SSSR count). The summed E-state index contributed by atoms with van der Waals surface area (Å²) in [5.41, 5.74) is 0. The lowest BCUT2D eigenvalue weighted by atomic mass is 9.94. The lowest BCUT2D eigenvalue weighted by Crippen LogP contribution is -2.33. The molecule has 0 amide bonds. The Morgan fingerprint density at radius 3 is 2.73 bits per heavy atom. The minimum atomic E-state index is 0.808. The van der Waals surface area contributed by atoms with Crippen molar-refractivity contribution in [2.24, 2.45) is 5.92 Å². The fourth-order valence-corrected chi connectivity index (χ4v) is 2.12. The number of hydrogen-bond acceptors (Lipinski definition) is 1. The minimum absolute atomic E-state index is 0.808. The van der Waals surface area contributed by atoms with Crippen molar-refractivity contribution in [3.63, 3.8) is 0 Å². The van der Waals surface area contributed by atoms with Gasteiger partial charge in [-0.1, -0.05) is 19.8 Å². The van der Waals surface area contributed by atoms with Gasteiger partial charge in [0.05, 0.1) is 0 Å². The van der Waals surface area contributed by atoms with Gasteiger partial charge >= 0.3 is 0 Å². The molecule has 0 saturated carbocycles. The lowest BCUT2D eigenvalue weighted by molar-refractivity contribution is 0.203. The van der Waals surface area contributed by atoms with Gasteiger partial charge in [0, 0.05) is 6.04 Å². The monoisotopic (exact) mass is 155 g/mol. The Bertz CT molecular complexity index is 111. The summed E-state index contributed by atoms with van der Waals surface area (Å²) in [4.78, 5) is 2.52. The molecule has 0 radical (unpaired) electrons. The van der Waals surface area contributed by atoms with Crippen LogP contribution in [0.3, 0.4) is 0 Å². The van der Waals surface area contributed by atoms with Gasteiger partial charge in [-0.3, -0.25) is 0 Å². The Hall–Kier alpha value is -0.0400. The average molecular weight is 155 g/mol. The van der Waals surface area contributed by atoms with Crippen LogP contribution < -0.4 is 0 Å². The zero-order valence-corrected chi connectivity index (χ0v) is 8.14. The lowest BCUT2D eigenvalue weighted by Gasteiger charge is -2.28. The molecule has 0 aromatic rings. The van der Waals surface area contributed by atoms with Gasteiger partial charge in [0.1, 0.15) is 0 Å². The van der Waals surface area contributed by atoms with Crippen molar-refractivity contribution in [2.75, 3.05) is 13.6 Å². The first-order valence-electron chi connectivity index (χ1n) is 4.96. The fraction of sp³-hybridized carbons (Fsp3) is 1.00.